The smallest absolute Gasteiger partial charge is 0.224 e. The Labute approximate surface area is 110 Å². The molecule has 2 rings (SSSR count). The Kier molecular flexibility index (Phi) is 5.45. The Hall–Kier alpha value is -0.610. The average molecular weight is 253 g/mol. The molecule has 2 fully saturated rings. The second-order valence-corrected chi connectivity index (χ2v) is 5.76. The predicted molar refractivity (Wildman–Crippen MR) is 73.2 cm³/mol. The van der Waals surface area contributed by atoms with E-state index in [2.05, 4.69) is 5.32 Å². The van der Waals surface area contributed by atoms with Gasteiger partial charge >= 0.3 is 0 Å². The Morgan fingerprint density at radius 3 is 2.61 bits per heavy atom. The summed E-state index contributed by atoms with van der Waals surface area (Å²) in [7, 11) is 0. The molecular weight excluding hydrogens is 226 g/mol. The number of carbonyl (C=O) groups excluding carboxylic acids is 1. The highest BCUT2D eigenvalue weighted by Crippen LogP contribution is 2.31. The first-order valence-corrected chi connectivity index (χ1v) is 7.51. The lowest BCUT2D eigenvalue weighted by molar-refractivity contribution is -0.132. The summed E-state index contributed by atoms with van der Waals surface area (Å²) in [5, 5.41) is 3.44. The number of nitrogens with zero attached hydrogens (tertiary/aromatic N) is 1. The molecule has 4 heteroatoms. The Morgan fingerprint density at radius 2 is 2.00 bits per heavy atom. The van der Waals surface area contributed by atoms with E-state index in [0.717, 1.165) is 38.4 Å². The van der Waals surface area contributed by atoms with Gasteiger partial charge in [0.25, 0.3) is 0 Å². The van der Waals surface area contributed by atoms with Gasteiger partial charge in [-0.15, -0.1) is 0 Å². The van der Waals surface area contributed by atoms with Crippen LogP contribution in [0.25, 0.3) is 0 Å². The molecule has 0 spiro atoms. The lowest BCUT2D eigenvalue weighted by atomic mass is 10.1. The third-order valence-electron chi connectivity index (χ3n) is 4.10. The van der Waals surface area contributed by atoms with Crippen molar-refractivity contribution < 1.29 is 4.79 Å². The standard InChI is InChI=1S/C14H27N3O/c15-11-13(16-7-6-12-4-5-12)10-14(18)17-8-2-1-3-9-17/h12-13,16H,1-11,15H2. The van der Waals surface area contributed by atoms with E-state index in [0.29, 0.717) is 13.0 Å². The third-order valence-corrected chi connectivity index (χ3v) is 4.10. The molecule has 3 N–H and O–H groups in total. The molecule has 18 heavy (non-hydrogen) atoms. The summed E-state index contributed by atoms with van der Waals surface area (Å²) in [5.41, 5.74) is 5.75. The summed E-state index contributed by atoms with van der Waals surface area (Å²) < 4.78 is 0. The van der Waals surface area contributed by atoms with E-state index >= 15 is 0 Å². The lowest BCUT2D eigenvalue weighted by Crippen LogP contribution is -2.43. The molecule has 1 heterocycles. The van der Waals surface area contributed by atoms with Gasteiger partial charge in [0.05, 0.1) is 0 Å². The van der Waals surface area contributed by atoms with Crippen molar-refractivity contribution in [3.63, 3.8) is 0 Å². The van der Waals surface area contributed by atoms with E-state index in [9.17, 15) is 4.79 Å². The molecule has 1 saturated heterocycles. The fourth-order valence-electron chi connectivity index (χ4n) is 2.62. The van der Waals surface area contributed by atoms with Crippen molar-refractivity contribution >= 4 is 5.91 Å². The molecule has 1 aliphatic heterocycles. The summed E-state index contributed by atoms with van der Waals surface area (Å²) in [5.74, 6) is 1.22. The van der Waals surface area contributed by atoms with Crippen molar-refractivity contribution in [3.05, 3.63) is 0 Å². The normalized spacial score (nSPS) is 21.9. The highest BCUT2D eigenvalue weighted by Gasteiger charge is 2.22. The molecule has 1 saturated carbocycles. The van der Waals surface area contributed by atoms with Crippen LogP contribution in [0.3, 0.4) is 0 Å². The maximum atomic E-state index is 12.1. The zero-order valence-electron chi connectivity index (χ0n) is 11.4. The van der Waals surface area contributed by atoms with Crippen LogP contribution in [0.1, 0.15) is 44.9 Å². The predicted octanol–water partition coefficient (Wildman–Crippen LogP) is 1.11. The van der Waals surface area contributed by atoms with Crippen LogP contribution in [0.15, 0.2) is 0 Å². The SMILES string of the molecule is NCC(CC(=O)N1CCCCC1)NCCC1CC1. The number of hydrogen-bond acceptors (Lipinski definition) is 3. The summed E-state index contributed by atoms with van der Waals surface area (Å²) in [6.07, 6.45) is 8.19. The molecule has 104 valence electrons. The zero-order valence-corrected chi connectivity index (χ0v) is 11.4. The topological polar surface area (TPSA) is 58.4 Å². The van der Waals surface area contributed by atoms with Crippen molar-refractivity contribution in [1.82, 2.24) is 10.2 Å². The molecule has 1 unspecified atom stereocenters. The summed E-state index contributed by atoms with van der Waals surface area (Å²) in [4.78, 5) is 14.1. The van der Waals surface area contributed by atoms with Crippen molar-refractivity contribution in [2.45, 2.75) is 51.0 Å². The van der Waals surface area contributed by atoms with E-state index in [-0.39, 0.29) is 11.9 Å². The van der Waals surface area contributed by atoms with Crippen LogP contribution >= 0.6 is 0 Å². The molecule has 0 aromatic heterocycles. The van der Waals surface area contributed by atoms with Crippen LogP contribution in [0.5, 0.6) is 0 Å². The molecule has 2 aliphatic rings. The molecule has 1 amide bonds. The van der Waals surface area contributed by atoms with E-state index in [4.69, 9.17) is 5.73 Å². The van der Waals surface area contributed by atoms with E-state index in [1.54, 1.807) is 0 Å². The number of likely N-dealkylation sites (tertiary alicyclic amines) is 1. The highest BCUT2D eigenvalue weighted by molar-refractivity contribution is 5.76. The number of nitrogens with one attached hydrogen (secondary N) is 1. The van der Waals surface area contributed by atoms with Crippen molar-refractivity contribution in [2.75, 3.05) is 26.2 Å². The molecule has 1 atom stereocenters. The third kappa shape index (κ3) is 4.58. The summed E-state index contributed by atoms with van der Waals surface area (Å²) in [6.45, 7) is 3.46. The Balaban J connectivity index is 1.65. The maximum absolute atomic E-state index is 12.1. The van der Waals surface area contributed by atoms with Crippen LogP contribution < -0.4 is 11.1 Å². The molecule has 4 nitrogen and oxygen atoms in total. The van der Waals surface area contributed by atoms with Gasteiger partial charge in [-0.1, -0.05) is 12.8 Å². The van der Waals surface area contributed by atoms with Gasteiger partial charge < -0.3 is 16.0 Å². The van der Waals surface area contributed by atoms with Gasteiger partial charge in [-0.25, -0.2) is 0 Å². The summed E-state index contributed by atoms with van der Waals surface area (Å²) in [6, 6.07) is 0.165. The fourth-order valence-corrected chi connectivity index (χ4v) is 2.62. The first-order valence-electron chi connectivity index (χ1n) is 7.51. The van der Waals surface area contributed by atoms with Gasteiger partial charge in [-0.2, -0.15) is 0 Å². The van der Waals surface area contributed by atoms with Gasteiger partial charge in [0.2, 0.25) is 5.91 Å². The van der Waals surface area contributed by atoms with Crippen LogP contribution in [0.4, 0.5) is 0 Å². The van der Waals surface area contributed by atoms with E-state index < -0.39 is 0 Å². The van der Waals surface area contributed by atoms with Gasteiger partial charge in [-0.3, -0.25) is 4.79 Å². The number of carbonyl (C=O) groups is 1. The lowest BCUT2D eigenvalue weighted by Gasteiger charge is -2.28. The second kappa shape index (κ2) is 7.10. The first kappa shape index (κ1) is 13.8. The van der Waals surface area contributed by atoms with Crippen LogP contribution in [0, 0.1) is 5.92 Å². The molecule has 0 aromatic rings. The fraction of sp³-hybridized carbons (Fsp3) is 0.929. The van der Waals surface area contributed by atoms with E-state index in [1.165, 1.54) is 25.7 Å². The molecule has 0 radical (unpaired) electrons. The van der Waals surface area contributed by atoms with E-state index in [1.807, 2.05) is 4.90 Å². The highest BCUT2D eigenvalue weighted by atomic mass is 16.2. The van der Waals surface area contributed by atoms with Crippen molar-refractivity contribution in [2.24, 2.45) is 11.7 Å². The van der Waals surface area contributed by atoms with Gasteiger partial charge in [-0.05, 0) is 38.1 Å². The molecule has 0 aromatic carbocycles. The largest absolute Gasteiger partial charge is 0.343 e. The minimum atomic E-state index is 0.165. The average Bonchev–Trinajstić information content (AvgIpc) is 3.22. The van der Waals surface area contributed by atoms with Gasteiger partial charge in [0.1, 0.15) is 0 Å². The van der Waals surface area contributed by atoms with Crippen LogP contribution in [-0.2, 0) is 4.79 Å². The number of nitrogens with two attached hydrogens (primary N) is 1. The Bertz CT molecular complexity index is 260. The van der Waals surface area contributed by atoms with Crippen LogP contribution in [-0.4, -0.2) is 43.0 Å². The molecule has 0 bridgehead atoms. The minimum Gasteiger partial charge on any atom is -0.343 e. The molecule has 1 aliphatic carbocycles. The minimum absolute atomic E-state index is 0.165. The van der Waals surface area contributed by atoms with Crippen LogP contribution in [0.2, 0.25) is 0 Å². The first-order chi connectivity index (χ1) is 8.79. The van der Waals surface area contributed by atoms with Crippen molar-refractivity contribution in [1.29, 1.82) is 0 Å². The monoisotopic (exact) mass is 253 g/mol. The zero-order chi connectivity index (χ0) is 12.8. The number of rotatable bonds is 7. The van der Waals surface area contributed by atoms with Gasteiger partial charge in [0.15, 0.2) is 0 Å². The maximum Gasteiger partial charge on any atom is 0.224 e. The van der Waals surface area contributed by atoms with Crippen molar-refractivity contribution in [3.8, 4) is 0 Å². The Morgan fingerprint density at radius 1 is 1.28 bits per heavy atom. The number of hydrogen-bond donors (Lipinski definition) is 2. The summed E-state index contributed by atoms with van der Waals surface area (Å²) >= 11 is 0. The second-order valence-electron chi connectivity index (χ2n) is 5.76. The molecular formula is C14H27N3O. The number of amides is 1. The van der Waals surface area contributed by atoms with Gasteiger partial charge in [0, 0.05) is 32.1 Å². The quantitative estimate of drug-likeness (QED) is 0.714. The number of piperidine rings is 1.